The summed E-state index contributed by atoms with van der Waals surface area (Å²) < 4.78 is 20.8. The molecule has 0 aliphatic rings. The van der Waals surface area contributed by atoms with Crippen LogP contribution in [0, 0.1) is 25.6 Å². The van der Waals surface area contributed by atoms with Gasteiger partial charge < -0.3 is 15.4 Å². The van der Waals surface area contributed by atoms with Crippen molar-refractivity contribution in [2.75, 3.05) is 19.0 Å². The van der Waals surface area contributed by atoms with Crippen LogP contribution in [0.2, 0.25) is 0 Å². The number of rotatable bonds is 8. The molecule has 1 aromatic heterocycles. The van der Waals surface area contributed by atoms with Crippen molar-refractivity contribution in [2.24, 2.45) is 5.92 Å². The molecule has 0 bridgehead atoms. The topological polar surface area (TPSA) is 85.2 Å². The van der Waals surface area contributed by atoms with Gasteiger partial charge in [-0.25, -0.2) is 4.39 Å². The molecule has 2 N–H and O–H groups in total. The molecule has 0 aliphatic heterocycles. The molecule has 1 unspecified atom stereocenters. The largest absolute Gasteiger partial charge is 0.497 e. The summed E-state index contributed by atoms with van der Waals surface area (Å²) in [5.41, 5.74) is 2.66. The third-order valence-electron chi connectivity index (χ3n) is 5.03. The van der Waals surface area contributed by atoms with Crippen molar-refractivity contribution in [3.63, 3.8) is 0 Å². The third-order valence-corrected chi connectivity index (χ3v) is 5.03. The molecule has 0 radical (unpaired) electrons. The number of carbonyl (C=O) groups excluding carboxylic acids is 2. The molecule has 32 heavy (non-hydrogen) atoms. The number of ether oxygens (including phenoxy) is 1. The molecule has 2 aromatic carbocycles. The van der Waals surface area contributed by atoms with E-state index in [1.54, 1.807) is 24.3 Å². The first-order valence-electron chi connectivity index (χ1n) is 10.3. The normalized spacial score (nSPS) is 11.7. The number of anilines is 1. The molecular weight excluding hydrogens is 411 g/mol. The number of nitrogens with one attached hydrogen (secondary N) is 2. The SMILES string of the molecule is COc1ccc(C(=O)Nc2cc(F)ccc2C(=O)NCC(C)Cn2nc(C)cc2C)cc1. The summed E-state index contributed by atoms with van der Waals surface area (Å²) in [6, 6.07) is 12.2. The fraction of sp³-hybridized carbons (Fsp3) is 0.292. The van der Waals surface area contributed by atoms with Crippen LogP contribution in [0.4, 0.5) is 10.1 Å². The van der Waals surface area contributed by atoms with Gasteiger partial charge in [-0.3, -0.25) is 14.3 Å². The Balaban J connectivity index is 1.67. The number of aryl methyl sites for hydroxylation is 2. The highest BCUT2D eigenvalue weighted by atomic mass is 19.1. The summed E-state index contributed by atoms with van der Waals surface area (Å²) in [7, 11) is 1.53. The molecule has 0 spiro atoms. The van der Waals surface area contributed by atoms with Crippen LogP contribution >= 0.6 is 0 Å². The zero-order chi connectivity index (χ0) is 23.3. The van der Waals surface area contributed by atoms with Crippen LogP contribution in [0.5, 0.6) is 5.75 Å². The van der Waals surface area contributed by atoms with Gasteiger partial charge in [-0.1, -0.05) is 6.92 Å². The van der Waals surface area contributed by atoms with Crippen LogP contribution in [-0.4, -0.2) is 35.2 Å². The molecule has 8 heteroatoms. The number of nitrogens with zero attached hydrogens (tertiary/aromatic N) is 2. The lowest BCUT2D eigenvalue weighted by atomic mass is 10.1. The van der Waals surface area contributed by atoms with Crippen LogP contribution in [0.3, 0.4) is 0 Å². The Morgan fingerprint density at radius 3 is 2.44 bits per heavy atom. The molecule has 0 saturated heterocycles. The van der Waals surface area contributed by atoms with Crippen molar-refractivity contribution in [2.45, 2.75) is 27.3 Å². The van der Waals surface area contributed by atoms with Gasteiger partial charge in [0.1, 0.15) is 11.6 Å². The minimum Gasteiger partial charge on any atom is -0.497 e. The van der Waals surface area contributed by atoms with Crippen molar-refractivity contribution < 1.29 is 18.7 Å². The van der Waals surface area contributed by atoms with E-state index in [0.717, 1.165) is 17.5 Å². The molecule has 1 heterocycles. The van der Waals surface area contributed by atoms with Gasteiger partial charge in [0.25, 0.3) is 11.8 Å². The average molecular weight is 439 g/mol. The van der Waals surface area contributed by atoms with Crippen molar-refractivity contribution in [1.82, 2.24) is 15.1 Å². The molecule has 3 aromatic rings. The minimum atomic E-state index is -0.551. The van der Waals surface area contributed by atoms with Crippen molar-refractivity contribution in [3.05, 3.63) is 76.9 Å². The van der Waals surface area contributed by atoms with Crippen LogP contribution in [0.1, 0.15) is 39.0 Å². The van der Waals surface area contributed by atoms with Gasteiger partial charge in [0, 0.05) is 24.3 Å². The number of aromatic nitrogens is 2. The number of methoxy groups -OCH3 is 1. The van der Waals surface area contributed by atoms with Gasteiger partial charge in [0.2, 0.25) is 0 Å². The number of benzene rings is 2. The fourth-order valence-electron chi connectivity index (χ4n) is 3.34. The van der Waals surface area contributed by atoms with Gasteiger partial charge in [0.15, 0.2) is 0 Å². The standard InChI is InChI=1S/C24H27FN4O3/c1-15(14-29-17(3)11-16(2)28-29)13-26-24(31)21-10-7-19(25)12-22(21)27-23(30)18-5-8-20(32-4)9-6-18/h5-12,15H,13-14H2,1-4H3,(H,26,31)(H,27,30). The van der Waals surface area contributed by atoms with Crippen LogP contribution in [-0.2, 0) is 6.54 Å². The Labute approximate surface area is 186 Å². The second-order valence-electron chi connectivity index (χ2n) is 7.80. The zero-order valence-electron chi connectivity index (χ0n) is 18.6. The van der Waals surface area contributed by atoms with Crippen molar-refractivity contribution >= 4 is 17.5 Å². The van der Waals surface area contributed by atoms with Crippen LogP contribution in [0.15, 0.2) is 48.5 Å². The average Bonchev–Trinajstić information content (AvgIpc) is 3.08. The summed E-state index contributed by atoms with van der Waals surface area (Å²) in [6.07, 6.45) is 0. The predicted molar refractivity (Wildman–Crippen MR) is 121 cm³/mol. The van der Waals surface area contributed by atoms with E-state index < -0.39 is 17.6 Å². The van der Waals surface area contributed by atoms with E-state index in [2.05, 4.69) is 15.7 Å². The lowest BCUT2D eigenvalue weighted by Gasteiger charge is -2.16. The molecule has 2 amide bonds. The van der Waals surface area contributed by atoms with E-state index in [1.807, 2.05) is 31.5 Å². The highest BCUT2D eigenvalue weighted by Crippen LogP contribution is 2.20. The predicted octanol–water partition coefficient (Wildman–Crippen LogP) is 3.97. The molecule has 0 aliphatic carbocycles. The van der Waals surface area contributed by atoms with E-state index in [9.17, 15) is 14.0 Å². The fourth-order valence-corrected chi connectivity index (χ4v) is 3.34. The number of halogens is 1. The summed E-state index contributed by atoms with van der Waals surface area (Å²) in [4.78, 5) is 25.4. The molecule has 0 saturated carbocycles. The summed E-state index contributed by atoms with van der Waals surface area (Å²) in [5, 5.41) is 9.93. The minimum absolute atomic E-state index is 0.106. The Morgan fingerprint density at radius 2 is 1.81 bits per heavy atom. The first kappa shape index (κ1) is 23.0. The molecular formula is C24H27FN4O3. The Hall–Kier alpha value is -3.68. The molecule has 3 rings (SSSR count). The molecule has 168 valence electrons. The molecule has 0 fully saturated rings. The van der Waals surface area contributed by atoms with Gasteiger partial charge in [-0.15, -0.1) is 0 Å². The van der Waals surface area contributed by atoms with E-state index in [4.69, 9.17) is 4.74 Å². The number of carbonyl (C=O) groups is 2. The maximum absolute atomic E-state index is 13.8. The van der Waals surface area contributed by atoms with Gasteiger partial charge >= 0.3 is 0 Å². The monoisotopic (exact) mass is 438 g/mol. The highest BCUT2D eigenvalue weighted by Gasteiger charge is 2.17. The lowest BCUT2D eigenvalue weighted by molar-refractivity contribution is 0.0947. The van der Waals surface area contributed by atoms with Crippen LogP contribution < -0.4 is 15.4 Å². The quantitative estimate of drug-likeness (QED) is 0.557. The van der Waals surface area contributed by atoms with Crippen LogP contribution in [0.25, 0.3) is 0 Å². The van der Waals surface area contributed by atoms with Crippen molar-refractivity contribution in [1.29, 1.82) is 0 Å². The smallest absolute Gasteiger partial charge is 0.255 e. The first-order chi connectivity index (χ1) is 15.3. The second kappa shape index (κ2) is 10.1. The van der Waals surface area contributed by atoms with E-state index in [0.29, 0.717) is 24.4 Å². The maximum atomic E-state index is 13.8. The Morgan fingerprint density at radius 1 is 1.09 bits per heavy atom. The molecule has 1 atom stereocenters. The van der Waals surface area contributed by atoms with E-state index in [-0.39, 0.29) is 17.2 Å². The van der Waals surface area contributed by atoms with E-state index in [1.165, 1.54) is 19.2 Å². The summed E-state index contributed by atoms with van der Waals surface area (Å²) in [6.45, 7) is 6.99. The number of hydrogen-bond donors (Lipinski definition) is 2. The van der Waals surface area contributed by atoms with E-state index >= 15 is 0 Å². The second-order valence-corrected chi connectivity index (χ2v) is 7.80. The summed E-state index contributed by atoms with van der Waals surface area (Å²) >= 11 is 0. The number of amides is 2. The lowest BCUT2D eigenvalue weighted by Crippen LogP contribution is -2.31. The maximum Gasteiger partial charge on any atom is 0.255 e. The third kappa shape index (κ3) is 5.72. The zero-order valence-corrected chi connectivity index (χ0v) is 18.6. The number of hydrogen-bond acceptors (Lipinski definition) is 4. The Kier molecular flexibility index (Phi) is 7.25. The van der Waals surface area contributed by atoms with Gasteiger partial charge in [-0.05, 0) is 68.3 Å². The highest BCUT2D eigenvalue weighted by molar-refractivity contribution is 6.09. The first-order valence-corrected chi connectivity index (χ1v) is 10.3. The molecule has 7 nitrogen and oxygen atoms in total. The van der Waals surface area contributed by atoms with Crippen molar-refractivity contribution in [3.8, 4) is 5.75 Å². The Bertz CT molecular complexity index is 1110. The van der Waals surface area contributed by atoms with Gasteiger partial charge in [0.05, 0.1) is 24.1 Å². The summed E-state index contributed by atoms with van der Waals surface area (Å²) in [5.74, 6) is -0.665. The van der Waals surface area contributed by atoms with Gasteiger partial charge in [-0.2, -0.15) is 5.10 Å².